The van der Waals surface area contributed by atoms with Gasteiger partial charge >= 0.3 is 12.2 Å². The third-order valence-corrected chi connectivity index (χ3v) is 19.4. The molecule has 0 spiro atoms. The van der Waals surface area contributed by atoms with Gasteiger partial charge in [0.1, 0.15) is 48.6 Å². The molecule has 0 bridgehead atoms. The fraction of sp³-hybridized carbons (Fsp3) is 0.633. The lowest BCUT2D eigenvalue weighted by Gasteiger charge is -2.52. The van der Waals surface area contributed by atoms with Crippen LogP contribution < -0.4 is 0 Å². The van der Waals surface area contributed by atoms with Crippen LogP contribution in [0.5, 0.6) is 0 Å². The molecule has 4 fully saturated rings. The van der Waals surface area contributed by atoms with E-state index in [-0.39, 0.29) is 25.0 Å². The van der Waals surface area contributed by atoms with Crippen LogP contribution in [0.4, 0.5) is 9.59 Å². The molecule has 0 N–H and O–H groups in total. The largest absolute Gasteiger partial charge is 0.444 e. The number of hydrogen-bond acceptors (Lipinski definition) is 16. The normalized spacial score (nSPS) is 23.8. The average molecular weight is 1190 g/mol. The van der Waals surface area contributed by atoms with Gasteiger partial charge in [0, 0.05) is 143 Å². The highest BCUT2D eigenvalue weighted by molar-refractivity contribution is 6.76. The minimum Gasteiger partial charge on any atom is -0.444 e. The summed E-state index contributed by atoms with van der Waals surface area (Å²) < 4.78 is 49.2. The van der Waals surface area contributed by atoms with Crippen LogP contribution in [0.1, 0.15) is 82.8 Å². The number of nitriles is 2. The summed E-state index contributed by atoms with van der Waals surface area (Å²) in [6.07, 6.45) is 16.3. The van der Waals surface area contributed by atoms with Crippen molar-refractivity contribution in [1.82, 2.24) is 68.2 Å². The van der Waals surface area contributed by atoms with Crippen molar-refractivity contribution in [2.75, 3.05) is 65.6 Å². The van der Waals surface area contributed by atoms with Crippen LogP contribution in [0.2, 0.25) is 51.4 Å². The fourth-order valence-corrected chi connectivity index (χ4v) is 12.6. The van der Waals surface area contributed by atoms with E-state index in [1.54, 1.807) is 34.8 Å². The molecule has 84 heavy (non-hydrogen) atoms. The van der Waals surface area contributed by atoms with Crippen LogP contribution >= 0.6 is 0 Å². The predicted molar refractivity (Wildman–Crippen MR) is 327 cm³/mol. The van der Waals surface area contributed by atoms with Gasteiger partial charge in [-0.1, -0.05) is 39.3 Å². The molecule has 6 aromatic rings. The number of aromatic nitrogens is 10. The molecule has 22 nitrogen and oxygen atoms in total. The van der Waals surface area contributed by atoms with Gasteiger partial charge in [-0.05, 0) is 91.4 Å². The standard InChI is InChI=1S/2C30H44N8O3Si/c2*1-29(2,3)41-28(39)36-13-11-35(12-14-36)24-17-30(18-24,8-9-31)38-20-23(19-34-38)26-25-7-10-37(27(25)33-21-32-26)22-40-15-16-42(4,5)6/h2*7,10,19-21,24H,8,11-18,22H2,1-6H3/i2*24D. The lowest BCUT2D eigenvalue weighted by Crippen LogP contribution is -2.60. The number of amides is 2. The van der Waals surface area contributed by atoms with Crippen LogP contribution in [-0.2, 0) is 43.5 Å². The maximum atomic E-state index is 12.5. The molecule has 4 aliphatic rings. The third-order valence-electron chi connectivity index (χ3n) is 16.0. The Labute approximate surface area is 499 Å². The highest BCUT2D eigenvalue weighted by Crippen LogP contribution is 2.47. The van der Waals surface area contributed by atoms with Crippen molar-refractivity contribution in [3.63, 3.8) is 0 Å². The van der Waals surface area contributed by atoms with Crippen LogP contribution in [0, 0.1) is 22.7 Å². The van der Waals surface area contributed by atoms with Gasteiger partial charge in [0.2, 0.25) is 0 Å². The van der Waals surface area contributed by atoms with Crippen molar-refractivity contribution in [3.8, 4) is 34.7 Å². The molecule has 10 rings (SSSR count). The zero-order valence-electron chi connectivity index (χ0n) is 53.5. The maximum Gasteiger partial charge on any atom is 0.410 e. The smallest absolute Gasteiger partial charge is 0.410 e. The number of hydrogen-bond donors (Lipinski definition) is 0. The molecule has 2 aliphatic heterocycles. The molecule has 2 saturated carbocycles. The van der Waals surface area contributed by atoms with E-state index in [4.69, 9.17) is 18.9 Å². The van der Waals surface area contributed by atoms with E-state index in [0.717, 1.165) is 69.9 Å². The van der Waals surface area contributed by atoms with Crippen LogP contribution in [0.3, 0.4) is 0 Å². The minimum absolute atomic E-state index is 0.261. The molecule has 2 amide bonds. The average Bonchev–Trinajstić information content (AvgIpc) is 1.08. The van der Waals surface area contributed by atoms with E-state index in [1.165, 1.54) is 0 Å². The van der Waals surface area contributed by atoms with Gasteiger partial charge < -0.3 is 37.9 Å². The van der Waals surface area contributed by atoms with Crippen molar-refractivity contribution in [2.24, 2.45) is 0 Å². The second-order valence-electron chi connectivity index (χ2n) is 27.4. The van der Waals surface area contributed by atoms with Crippen molar-refractivity contribution in [1.29, 1.82) is 10.5 Å². The van der Waals surface area contributed by atoms with E-state index >= 15 is 0 Å². The zero-order chi connectivity index (χ0) is 62.1. The molecule has 0 aromatic carbocycles. The van der Waals surface area contributed by atoms with Gasteiger partial charge in [0.15, 0.2) is 0 Å². The Morgan fingerprint density at radius 3 is 1.31 bits per heavy atom. The van der Waals surface area contributed by atoms with Gasteiger partial charge in [0.25, 0.3) is 0 Å². The molecule has 24 heteroatoms. The number of ether oxygens (including phenoxy) is 4. The topological polar surface area (TPSA) is 229 Å². The Morgan fingerprint density at radius 2 is 0.976 bits per heavy atom. The number of carbonyl (C=O) groups excluding carboxylic acids is 2. The molecule has 6 aromatic heterocycles. The minimum atomic E-state index is -1.16. The third kappa shape index (κ3) is 14.9. The second kappa shape index (κ2) is 25.2. The molecule has 0 unspecified atom stereocenters. The van der Waals surface area contributed by atoms with Crippen LogP contribution in [0.25, 0.3) is 44.6 Å². The molecular formula is C60H88N16O6Si2. The first-order chi connectivity index (χ1) is 40.4. The first-order valence-corrected chi connectivity index (χ1v) is 36.9. The number of fused-ring (bicyclic) bond motifs is 2. The number of nitrogens with zero attached hydrogens (tertiary/aromatic N) is 16. The monoisotopic (exact) mass is 1190 g/mol. The second-order valence-corrected chi connectivity index (χ2v) is 38.6. The van der Waals surface area contributed by atoms with E-state index < -0.39 is 50.5 Å². The Morgan fingerprint density at radius 1 is 0.607 bits per heavy atom. The fourth-order valence-electron chi connectivity index (χ4n) is 11.1. The predicted octanol–water partition coefficient (Wildman–Crippen LogP) is 9.86. The number of rotatable bonds is 18. The van der Waals surface area contributed by atoms with Gasteiger partial charge in [-0.25, -0.2) is 29.5 Å². The molecule has 0 radical (unpaired) electrons. The Balaban J connectivity index is 0.000000205. The first-order valence-electron chi connectivity index (χ1n) is 30.5. The molecule has 8 heterocycles. The SMILES string of the molecule is [2H]C1(N2CCN(C(=O)OC(C)(C)C)CC2)CC(CC#N)(n2cc(-c3ncnc4c3ccn4COCC[Si](C)(C)C)cn2)C1.[2H]C1(N2CCN(C(=O)OC(C)(C)C)CC2)CC(CC#N)(n2cc(-c3ncnc4c3ccn4COCC[Si](C)(C)C)cn2)C1. The lowest BCUT2D eigenvalue weighted by atomic mass is 9.70. The quantitative estimate of drug-likeness (QED) is 0.0576. The molecule has 2 aliphatic carbocycles. The zero-order valence-corrected chi connectivity index (χ0v) is 53.5. The number of piperazine rings is 2. The van der Waals surface area contributed by atoms with Crippen molar-refractivity contribution >= 4 is 50.4 Å². The molecule has 2 saturated heterocycles. The van der Waals surface area contributed by atoms with Gasteiger partial charge in [-0.3, -0.25) is 19.2 Å². The van der Waals surface area contributed by atoms with Gasteiger partial charge in [0.05, 0.1) is 59.8 Å². The van der Waals surface area contributed by atoms with Crippen molar-refractivity contribution in [2.45, 2.75) is 179 Å². The Hall–Kier alpha value is -6.55. The van der Waals surface area contributed by atoms with E-state index in [0.29, 0.717) is 91.5 Å². The van der Waals surface area contributed by atoms with E-state index in [2.05, 4.69) is 91.4 Å². The summed E-state index contributed by atoms with van der Waals surface area (Å²) in [6.45, 7) is 31.9. The molecule has 0 atom stereocenters. The Bertz CT molecular complexity index is 3200. The summed E-state index contributed by atoms with van der Waals surface area (Å²) in [5.74, 6) is 0. The van der Waals surface area contributed by atoms with Gasteiger partial charge in [-0.15, -0.1) is 0 Å². The Kier molecular flexibility index (Phi) is 17.8. The van der Waals surface area contributed by atoms with Crippen molar-refractivity contribution in [3.05, 3.63) is 62.0 Å². The highest BCUT2D eigenvalue weighted by atomic mass is 28.3. The summed E-state index contributed by atoms with van der Waals surface area (Å²) in [5, 5.41) is 30.7. The molecule has 452 valence electrons. The highest BCUT2D eigenvalue weighted by Gasteiger charge is 2.51. The summed E-state index contributed by atoms with van der Waals surface area (Å²) in [6, 6.07) is 9.26. The number of carbonyl (C=O) groups is 2. The summed E-state index contributed by atoms with van der Waals surface area (Å²) in [7, 11) is -2.32. The summed E-state index contributed by atoms with van der Waals surface area (Å²) in [4.78, 5) is 50.9. The van der Waals surface area contributed by atoms with Gasteiger partial charge in [-0.2, -0.15) is 20.7 Å². The van der Waals surface area contributed by atoms with Crippen LogP contribution in [0.15, 0.2) is 62.0 Å². The lowest BCUT2D eigenvalue weighted by molar-refractivity contribution is -0.0269. The van der Waals surface area contributed by atoms with Crippen molar-refractivity contribution < 1.29 is 31.3 Å². The van der Waals surface area contributed by atoms with E-state index in [9.17, 15) is 22.9 Å². The maximum absolute atomic E-state index is 12.5. The van der Waals surface area contributed by atoms with Crippen LogP contribution in [-0.4, -0.2) is 185 Å². The molecular weight excluding hydrogens is 1100 g/mol. The van der Waals surface area contributed by atoms with E-state index in [1.807, 2.05) is 97.0 Å². The summed E-state index contributed by atoms with van der Waals surface area (Å²) in [5.41, 5.74) is 2.62. The first kappa shape index (κ1) is 59.2. The summed E-state index contributed by atoms with van der Waals surface area (Å²) >= 11 is 0.